The molecule has 2 aromatic rings. The molecule has 0 aliphatic carbocycles. The van der Waals surface area contributed by atoms with Gasteiger partial charge in [-0.1, -0.05) is 0 Å². The second kappa shape index (κ2) is 8.75. The number of hydrogen-bond acceptors (Lipinski definition) is 6. The van der Waals surface area contributed by atoms with Crippen molar-refractivity contribution in [2.75, 3.05) is 38.1 Å². The van der Waals surface area contributed by atoms with E-state index < -0.39 is 0 Å². The highest BCUT2D eigenvalue weighted by Gasteiger charge is 2.34. The molecule has 0 bridgehead atoms. The van der Waals surface area contributed by atoms with Gasteiger partial charge in [0.15, 0.2) is 11.5 Å². The lowest BCUT2D eigenvalue weighted by Crippen LogP contribution is -2.50. The Labute approximate surface area is 181 Å². The molecule has 1 saturated heterocycles. The molecule has 4 rings (SSSR count). The van der Waals surface area contributed by atoms with Crippen molar-refractivity contribution in [1.82, 2.24) is 5.32 Å². The van der Waals surface area contributed by atoms with Crippen molar-refractivity contribution < 1.29 is 23.8 Å². The van der Waals surface area contributed by atoms with Gasteiger partial charge < -0.3 is 29.7 Å². The number of anilines is 2. The molecule has 0 spiro atoms. The Bertz CT molecular complexity index is 982. The number of carbonyl (C=O) groups is 2. The Kier molecular flexibility index (Phi) is 5.88. The zero-order valence-electron chi connectivity index (χ0n) is 18.0. The number of ether oxygens (including phenoxy) is 3. The van der Waals surface area contributed by atoms with Crippen molar-refractivity contribution in [3.05, 3.63) is 41.5 Å². The van der Waals surface area contributed by atoms with E-state index in [1.165, 1.54) is 0 Å². The first-order valence-corrected chi connectivity index (χ1v) is 10.3. The third-order valence-corrected chi connectivity index (χ3v) is 5.81. The van der Waals surface area contributed by atoms with E-state index in [-0.39, 0.29) is 24.4 Å². The highest BCUT2D eigenvalue weighted by atomic mass is 16.5. The minimum Gasteiger partial charge on any atom is -0.493 e. The first kappa shape index (κ1) is 20.8. The number of methoxy groups -OCH3 is 3. The molecular weight excluding hydrogens is 398 g/mol. The van der Waals surface area contributed by atoms with E-state index in [1.807, 2.05) is 6.07 Å². The second-order valence-electron chi connectivity index (χ2n) is 7.64. The summed E-state index contributed by atoms with van der Waals surface area (Å²) < 4.78 is 16.1. The van der Waals surface area contributed by atoms with Gasteiger partial charge in [0.05, 0.1) is 32.7 Å². The van der Waals surface area contributed by atoms with Gasteiger partial charge in [-0.3, -0.25) is 9.59 Å². The third kappa shape index (κ3) is 3.97. The number of nitrogens with one attached hydrogen (secondary N) is 2. The van der Waals surface area contributed by atoms with E-state index in [2.05, 4.69) is 15.5 Å². The Morgan fingerprint density at radius 3 is 2.52 bits per heavy atom. The average Bonchev–Trinajstić information content (AvgIpc) is 2.81. The average molecular weight is 425 g/mol. The Morgan fingerprint density at radius 1 is 1.10 bits per heavy atom. The summed E-state index contributed by atoms with van der Waals surface area (Å²) in [4.78, 5) is 27.4. The largest absolute Gasteiger partial charge is 0.493 e. The van der Waals surface area contributed by atoms with Crippen LogP contribution in [0.5, 0.6) is 17.2 Å². The van der Waals surface area contributed by atoms with Crippen LogP contribution in [-0.2, 0) is 11.3 Å². The summed E-state index contributed by atoms with van der Waals surface area (Å²) in [6.07, 6.45) is 2.99. The molecule has 8 heteroatoms. The van der Waals surface area contributed by atoms with Crippen LogP contribution in [0, 0.1) is 0 Å². The van der Waals surface area contributed by atoms with E-state index in [4.69, 9.17) is 14.2 Å². The first-order valence-electron chi connectivity index (χ1n) is 10.3. The first-order chi connectivity index (χ1) is 15.0. The van der Waals surface area contributed by atoms with Crippen LogP contribution in [0.4, 0.5) is 11.4 Å². The number of hydrogen-bond donors (Lipinski definition) is 2. The van der Waals surface area contributed by atoms with Crippen molar-refractivity contribution in [2.24, 2.45) is 0 Å². The molecule has 0 saturated carbocycles. The number of nitrogens with zero attached hydrogens (tertiary/aromatic N) is 1. The van der Waals surface area contributed by atoms with E-state index in [0.29, 0.717) is 28.5 Å². The van der Waals surface area contributed by atoms with Gasteiger partial charge in [0, 0.05) is 18.7 Å². The number of amides is 2. The molecule has 2 aliphatic rings. The van der Waals surface area contributed by atoms with Crippen LogP contribution < -0.4 is 29.7 Å². The molecule has 2 amide bonds. The van der Waals surface area contributed by atoms with Crippen LogP contribution in [0.2, 0.25) is 0 Å². The van der Waals surface area contributed by atoms with E-state index >= 15 is 0 Å². The number of piperidine rings is 1. The summed E-state index contributed by atoms with van der Waals surface area (Å²) >= 11 is 0. The summed E-state index contributed by atoms with van der Waals surface area (Å²) in [5, 5.41) is 5.88. The Hall–Kier alpha value is -3.42. The molecule has 0 aromatic heterocycles. The van der Waals surface area contributed by atoms with E-state index in [9.17, 15) is 9.59 Å². The van der Waals surface area contributed by atoms with Gasteiger partial charge in [0.2, 0.25) is 11.7 Å². The highest BCUT2D eigenvalue weighted by molar-refractivity contribution is 6.05. The molecule has 1 unspecified atom stereocenters. The van der Waals surface area contributed by atoms with Crippen LogP contribution in [0.1, 0.15) is 35.2 Å². The molecule has 31 heavy (non-hydrogen) atoms. The number of benzene rings is 2. The molecule has 8 nitrogen and oxygen atoms in total. The Morgan fingerprint density at radius 2 is 1.84 bits per heavy atom. The molecular formula is C23H27N3O5. The van der Waals surface area contributed by atoms with Crippen molar-refractivity contribution >= 4 is 23.2 Å². The van der Waals surface area contributed by atoms with Gasteiger partial charge in [-0.05, 0) is 55.2 Å². The quantitative estimate of drug-likeness (QED) is 0.740. The predicted octanol–water partition coefficient (Wildman–Crippen LogP) is 2.95. The maximum absolute atomic E-state index is 12.8. The molecule has 1 atom stereocenters. The summed E-state index contributed by atoms with van der Waals surface area (Å²) in [6, 6.07) is 8.94. The molecule has 2 N–H and O–H groups in total. The summed E-state index contributed by atoms with van der Waals surface area (Å²) in [5.74, 6) is 1.33. The minimum atomic E-state index is -0.230. The smallest absolute Gasteiger partial charge is 0.251 e. The van der Waals surface area contributed by atoms with Crippen molar-refractivity contribution in [3.8, 4) is 17.2 Å². The van der Waals surface area contributed by atoms with Crippen LogP contribution >= 0.6 is 0 Å². The van der Waals surface area contributed by atoms with Crippen molar-refractivity contribution in [1.29, 1.82) is 0 Å². The SMILES string of the molecule is COc1cc(CNC(=O)c2ccc3c(c2)NC(=O)C2CCCCN32)cc(OC)c1OC. The number of fused-ring (bicyclic) bond motifs is 3. The lowest BCUT2D eigenvalue weighted by Gasteiger charge is -2.41. The second-order valence-corrected chi connectivity index (χ2v) is 7.64. The maximum Gasteiger partial charge on any atom is 0.251 e. The lowest BCUT2D eigenvalue weighted by atomic mass is 9.97. The fourth-order valence-corrected chi connectivity index (χ4v) is 4.26. The van der Waals surface area contributed by atoms with Gasteiger partial charge in [-0.25, -0.2) is 0 Å². The normalized spacial score (nSPS) is 17.2. The molecule has 0 radical (unpaired) electrons. The van der Waals surface area contributed by atoms with Gasteiger partial charge >= 0.3 is 0 Å². The van der Waals surface area contributed by atoms with Crippen LogP contribution in [0.15, 0.2) is 30.3 Å². The summed E-state index contributed by atoms with van der Waals surface area (Å²) in [7, 11) is 4.64. The maximum atomic E-state index is 12.8. The van der Waals surface area contributed by atoms with Crippen LogP contribution in [0.25, 0.3) is 0 Å². The van der Waals surface area contributed by atoms with Crippen molar-refractivity contribution in [2.45, 2.75) is 31.8 Å². The van der Waals surface area contributed by atoms with Crippen molar-refractivity contribution in [3.63, 3.8) is 0 Å². The lowest BCUT2D eigenvalue weighted by molar-refractivity contribution is -0.118. The van der Waals surface area contributed by atoms with Gasteiger partial charge in [0.25, 0.3) is 5.91 Å². The zero-order chi connectivity index (χ0) is 22.0. The third-order valence-electron chi connectivity index (χ3n) is 5.81. The van der Waals surface area contributed by atoms with Gasteiger partial charge in [0.1, 0.15) is 6.04 Å². The topological polar surface area (TPSA) is 89.1 Å². The molecule has 164 valence electrons. The fourth-order valence-electron chi connectivity index (χ4n) is 4.26. The van der Waals surface area contributed by atoms with Crippen LogP contribution in [-0.4, -0.2) is 45.7 Å². The Balaban J connectivity index is 1.50. The zero-order valence-corrected chi connectivity index (χ0v) is 18.0. The fraction of sp³-hybridized carbons (Fsp3) is 0.391. The molecule has 1 fully saturated rings. The van der Waals surface area contributed by atoms with Gasteiger partial charge in [-0.15, -0.1) is 0 Å². The van der Waals surface area contributed by atoms with E-state index in [1.54, 1.807) is 45.6 Å². The summed E-state index contributed by atoms with van der Waals surface area (Å²) in [6.45, 7) is 1.14. The summed E-state index contributed by atoms with van der Waals surface area (Å²) in [5.41, 5.74) is 2.96. The number of carbonyl (C=O) groups excluding carboxylic acids is 2. The van der Waals surface area contributed by atoms with E-state index in [0.717, 1.165) is 37.1 Å². The number of rotatable bonds is 6. The predicted molar refractivity (Wildman–Crippen MR) is 117 cm³/mol. The van der Waals surface area contributed by atoms with Gasteiger partial charge in [-0.2, -0.15) is 0 Å². The monoisotopic (exact) mass is 425 g/mol. The minimum absolute atomic E-state index is 0.00202. The highest BCUT2D eigenvalue weighted by Crippen LogP contribution is 2.38. The molecule has 2 aliphatic heterocycles. The standard InChI is InChI=1S/C23H27N3O5/c1-29-19-10-14(11-20(30-2)21(19)31-3)13-24-22(27)15-7-8-17-16(12-15)25-23(28)18-6-4-5-9-26(17)18/h7-8,10-12,18H,4-6,9,13H2,1-3H3,(H,24,27)(H,25,28). The molecule has 2 heterocycles. The van der Waals surface area contributed by atoms with Crippen LogP contribution in [0.3, 0.4) is 0 Å². The molecule has 2 aromatic carbocycles.